The van der Waals surface area contributed by atoms with Crippen molar-refractivity contribution < 1.29 is 4.74 Å². The summed E-state index contributed by atoms with van der Waals surface area (Å²) >= 11 is 0. The van der Waals surface area contributed by atoms with Crippen molar-refractivity contribution in [3.63, 3.8) is 0 Å². The van der Waals surface area contributed by atoms with E-state index < -0.39 is 0 Å². The summed E-state index contributed by atoms with van der Waals surface area (Å²) in [5, 5.41) is 4.24. The highest BCUT2D eigenvalue weighted by Gasteiger charge is 2.23. The first-order valence-electron chi connectivity index (χ1n) is 6.66. The Balaban J connectivity index is 1.79. The molecule has 0 amide bonds. The summed E-state index contributed by atoms with van der Waals surface area (Å²) in [6.45, 7) is 2.03. The van der Waals surface area contributed by atoms with E-state index in [-0.39, 0.29) is 6.04 Å². The summed E-state index contributed by atoms with van der Waals surface area (Å²) < 4.78 is 7.58. The Kier molecular flexibility index (Phi) is 3.03. The fourth-order valence-corrected chi connectivity index (χ4v) is 2.13. The van der Waals surface area contributed by atoms with E-state index in [4.69, 9.17) is 10.5 Å². The van der Waals surface area contributed by atoms with Crippen molar-refractivity contribution in [2.45, 2.75) is 31.9 Å². The Morgan fingerprint density at radius 1 is 1.32 bits per heavy atom. The highest BCUT2D eigenvalue weighted by atomic mass is 16.5. The zero-order chi connectivity index (χ0) is 13.4. The lowest BCUT2D eigenvalue weighted by molar-refractivity contribution is 0.303. The number of rotatable bonds is 4. The Labute approximate surface area is 113 Å². The molecule has 1 aliphatic carbocycles. The van der Waals surface area contributed by atoms with Gasteiger partial charge in [-0.3, -0.25) is 4.68 Å². The summed E-state index contributed by atoms with van der Waals surface area (Å²) in [5.41, 5.74) is 9.55. The fourth-order valence-electron chi connectivity index (χ4n) is 2.13. The molecule has 1 aliphatic rings. The van der Waals surface area contributed by atoms with Crippen molar-refractivity contribution in [2.24, 2.45) is 12.8 Å². The lowest BCUT2D eigenvalue weighted by atomic mass is 10.0. The summed E-state index contributed by atoms with van der Waals surface area (Å²) in [4.78, 5) is 0. The predicted octanol–water partition coefficient (Wildman–Crippen LogP) is 2.32. The van der Waals surface area contributed by atoms with E-state index in [9.17, 15) is 0 Å². The van der Waals surface area contributed by atoms with Crippen LogP contribution in [0.1, 0.15) is 35.7 Å². The van der Waals surface area contributed by atoms with Crippen LogP contribution in [0.5, 0.6) is 5.75 Å². The van der Waals surface area contributed by atoms with E-state index >= 15 is 0 Å². The molecule has 1 atom stereocenters. The molecule has 1 saturated carbocycles. The maximum atomic E-state index is 6.30. The zero-order valence-electron chi connectivity index (χ0n) is 11.3. The van der Waals surface area contributed by atoms with Crippen molar-refractivity contribution in [2.75, 3.05) is 0 Å². The predicted molar refractivity (Wildman–Crippen MR) is 74.1 cm³/mol. The standard InChI is InChI=1S/C15H19N3O/c1-10-14(9-17-18(10)2)15(16)11-3-5-12(6-4-11)19-13-7-8-13/h3-6,9,13,15H,7-8,16H2,1-2H3. The number of benzene rings is 1. The van der Waals surface area contributed by atoms with Crippen LogP contribution in [0.25, 0.3) is 0 Å². The van der Waals surface area contributed by atoms with Crippen LogP contribution in [-0.2, 0) is 7.05 Å². The van der Waals surface area contributed by atoms with Crippen molar-refractivity contribution in [1.29, 1.82) is 0 Å². The molecule has 2 aromatic rings. The number of nitrogens with zero attached hydrogens (tertiary/aromatic N) is 2. The van der Waals surface area contributed by atoms with E-state index in [0.29, 0.717) is 6.10 Å². The molecule has 4 nitrogen and oxygen atoms in total. The van der Waals surface area contributed by atoms with Crippen LogP contribution >= 0.6 is 0 Å². The van der Waals surface area contributed by atoms with Gasteiger partial charge < -0.3 is 10.5 Å². The minimum absolute atomic E-state index is 0.135. The van der Waals surface area contributed by atoms with Crippen molar-refractivity contribution >= 4 is 0 Å². The van der Waals surface area contributed by atoms with Crippen LogP contribution in [0, 0.1) is 6.92 Å². The molecule has 3 rings (SSSR count). The Bertz CT molecular complexity index is 570. The van der Waals surface area contributed by atoms with Gasteiger partial charge in [-0.1, -0.05) is 12.1 Å². The third kappa shape index (κ3) is 2.49. The Morgan fingerprint density at radius 2 is 2.00 bits per heavy atom. The molecule has 0 radical (unpaired) electrons. The molecule has 1 aromatic carbocycles. The van der Waals surface area contributed by atoms with Crippen LogP contribution in [0.2, 0.25) is 0 Å². The molecule has 0 saturated heterocycles. The summed E-state index contributed by atoms with van der Waals surface area (Å²) in [6.07, 6.45) is 4.63. The smallest absolute Gasteiger partial charge is 0.119 e. The average molecular weight is 257 g/mol. The lowest BCUT2D eigenvalue weighted by Gasteiger charge is -2.13. The summed E-state index contributed by atoms with van der Waals surface area (Å²) in [7, 11) is 1.93. The molecule has 1 fully saturated rings. The first kappa shape index (κ1) is 12.2. The molecule has 100 valence electrons. The highest BCUT2D eigenvalue weighted by Crippen LogP contribution is 2.28. The molecular weight excluding hydrogens is 238 g/mol. The van der Waals surface area contributed by atoms with Gasteiger partial charge in [-0.15, -0.1) is 0 Å². The highest BCUT2D eigenvalue weighted by molar-refractivity contribution is 5.36. The molecule has 0 spiro atoms. The average Bonchev–Trinajstić information content (AvgIpc) is 3.17. The van der Waals surface area contributed by atoms with Gasteiger partial charge in [0.2, 0.25) is 0 Å². The van der Waals surface area contributed by atoms with Crippen molar-refractivity contribution in [1.82, 2.24) is 9.78 Å². The maximum Gasteiger partial charge on any atom is 0.119 e. The van der Waals surface area contributed by atoms with E-state index in [2.05, 4.69) is 5.10 Å². The van der Waals surface area contributed by atoms with E-state index in [1.165, 1.54) is 12.8 Å². The molecule has 0 aliphatic heterocycles. The minimum Gasteiger partial charge on any atom is -0.490 e. The molecule has 1 heterocycles. The van der Waals surface area contributed by atoms with Crippen LogP contribution in [-0.4, -0.2) is 15.9 Å². The van der Waals surface area contributed by atoms with E-state index in [1.54, 1.807) is 0 Å². The SMILES string of the molecule is Cc1c(C(N)c2ccc(OC3CC3)cc2)cnn1C. The van der Waals surface area contributed by atoms with Gasteiger partial charge in [0.15, 0.2) is 0 Å². The third-order valence-electron chi connectivity index (χ3n) is 3.67. The van der Waals surface area contributed by atoms with Gasteiger partial charge in [0, 0.05) is 18.3 Å². The fraction of sp³-hybridized carbons (Fsp3) is 0.400. The number of ether oxygens (including phenoxy) is 1. The van der Waals surface area contributed by atoms with Crippen molar-refractivity contribution in [3.8, 4) is 5.75 Å². The number of hydrogen-bond acceptors (Lipinski definition) is 3. The second kappa shape index (κ2) is 4.70. The van der Waals surface area contributed by atoms with E-state index in [0.717, 1.165) is 22.6 Å². The van der Waals surface area contributed by atoms with Gasteiger partial charge in [0.05, 0.1) is 18.3 Å². The van der Waals surface area contributed by atoms with Crippen LogP contribution < -0.4 is 10.5 Å². The molecule has 1 unspecified atom stereocenters. The normalized spacial score (nSPS) is 16.4. The molecule has 2 N–H and O–H groups in total. The molecule has 19 heavy (non-hydrogen) atoms. The van der Waals surface area contributed by atoms with Gasteiger partial charge >= 0.3 is 0 Å². The Hall–Kier alpha value is -1.81. The minimum atomic E-state index is -0.135. The second-order valence-electron chi connectivity index (χ2n) is 5.17. The molecular formula is C15H19N3O. The number of hydrogen-bond donors (Lipinski definition) is 1. The second-order valence-corrected chi connectivity index (χ2v) is 5.17. The van der Waals surface area contributed by atoms with Crippen LogP contribution in [0.3, 0.4) is 0 Å². The quantitative estimate of drug-likeness (QED) is 0.914. The number of nitrogens with two attached hydrogens (primary N) is 1. The third-order valence-corrected chi connectivity index (χ3v) is 3.67. The summed E-state index contributed by atoms with van der Waals surface area (Å²) in [6, 6.07) is 7.94. The van der Waals surface area contributed by atoms with Crippen molar-refractivity contribution in [3.05, 3.63) is 47.3 Å². The van der Waals surface area contributed by atoms with Gasteiger partial charge in [-0.2, -0.15) is 5.10 Å². The van der Waals surface area contributed by atoms with Gasteiger partial charge in [-0.25, -0.2) is 0 Å². The number of aromatic nitrogens is 2. The largest absolute Gasteiger partial charge is 0.490 e. The maximum absolute atomic E-state index is 6.30. The van der Waals surface area contributed by atoms with Gasteiger partial charge in [0.25, 0.3) is 0 Å². The first-order valence-corrected chi connectivity index (χ1v) is 6.66. The monoisotopic (exact) mass is 257 g/mol. The van der Waals surface area contributed by atoms with Gasteiger partial charge in [0.1, 0.15) is 5.75 Å². The zero-order valence-corrected chi connectivity index (χ0v) is 11.3. The van der Waals surface area contributed by atoms with E-state index in [1.807, 2.05) is 49.1 Å². The summed E-state index contributed by atoms with van der Waals surface area (Å²) in [5.74, 6) is 0.932. The van der Waals surface area contributed by atoms with Crippen LogP contribution in [0.15, 0.2) is 30.5 Å². The lowest BCUT2D eigenvalue weighted by Crippen LogP contribution is -2.12. The molecule has 4 heteroatoms. The molecule has 1 aromatic heterocycles. The Morgan fingerprint density at radius 3 is 2.53 bits per heavy atom. The molecule has 0 bridgehead atoms. The van der Waals surface area contributed by atoms with Crippen LogP contribution in [0.4, 0.5) is 0 Å². The topological polar surface area (TPSA) is 53.1 Å². The van der Waals surface area contributed by atoms with Gasteiger partial charge in [-0.05, 0) is 37.5 Å². The number of aryl methyl sites for hydroxylation is 1. The first-order chi connectivity index (χ1) is 9.15.